The third-order valence-corrected chi connectivity index (χ3v) is 5.09. The van der Waals surface area contributed by atoms with Gasteiger partial charge in [-0.1, -0.05) is 26.2 Å². The molecule has 2 rings (SSSR count). The molecule has 0 aromatic rings. The molecule has 4 heteroatoms. The zero-order chi connectivity index (χ0) is 14.0. The van der Waals surface area contributed by atoms with E-state index in [4.69, 9.17) is 0 Å². The van der Waals surface area contributed by atoms with Gasteiger partial charge in [-0.05, 0) is 31.6 Å². The number of hydrogen-bond donors (Lipinski definition) is 1. The van der Waals surface area contributed by atoms with Crippen molar-refractivity contribution in [3.8, 4) is 0 Å². The second-order valence-corrected chi connectivity index (χ2v) is 6.18. The van der Waals surface area contributed by atoms with Crippen molar-refractivity contribution in [1.29, 1.82) is 0 Å². The monoisotopic (exact) mass is 267 g/mol. The molecule has 19 heavy (non-hydrogen) atoms. The highest BCUT2D eigenvalue weighted by Gasteiger charge is 2.44. The Bertz CT molecular complexity index is 349. The first-order valence-electron chi connectivity index (χ1n) is 7.54. The number of rotatable bonds is 4. The summed E-state index contributed by atoms with van der Waals surface area (Å²) in [5.41, 5.74) is 0. The van der Waals surface area contributed by atoms with Crippen molar-refractivity contribution in [2.24, 2.45) is 17.8 Å². The molecule has 0 aromatic heterocycles. The van der Waals surface area contributed by atoms with Gasteiger partial charge < -0.3 is 10.0 Å². The van der Waals surface area contributed by atoms with E-state index < -0.39 is 11.9 Å². The minimum atomic E-state index is -0.797. The van der Waals surface area contributed by atoms with Crippen LogP contribution in [-0.2, 0) is 9.59 Å². The fraction of sp³-hybridized carbons (Fsp3) is 0.867. The second-order valence-electron chi connectivity index (χ2n) is 6.18. The average Bonchev–Trinajstić information content (AvgIpc) is 3.05. The maximum Gasteiger partial charge on any atom is 0.307 e. The molecule has 1 N–H and O–H groups in total. The Labute approximate surface area is 115 Å². The summed E-state index contributed by atoms with van der Waals surface area (Å²) < 4.78 is 0. The Morgan fingerprint density at radius 3 is 2.26 bits per heavy atom. The molecule has 0 saturated heterocycles. The lowest BCUT2D eigenvalue weighted by Gasteiger charge is -2.28. The lowest BCUT2D eigenvalue weighted by atomic mass is 9.94. The van der Waals surface area contributed by atoms with Gasteiger partial charge in [-0.25, -0.2) is 0 Å². The van der Waals surface area contributed by atoms with E-state index in [9.17, 15) is 14.7 Å². The number of carbonyl (C=O) groups is 2. The highest BCUT2D eigenvalue weighted by molar-refractivity contribution is 5.85. The quantitative estimate of drug-likeness (QED) is 0.851. The van der Waals surface area contributed by atoms with E-state index >= 15 is 0 Å². The molecule has 2 aliphatic rings. The molecular formula is C15H25NO3. The Morgan fingerprint density at radius 2 is 1.74 bits per heavy atom. The largest absolute Gasteiger partial charge is 0.481 e. The van der Waals surface area contributed by atoms with Crippen molar-refractivity contribution in [2.75, 3.05) is 7.05 Å². The fourth-order valence-electron chi connectivity index (χ4n) is 3.76. The topological polar surface area (TPSA) is 57.6 Å². The number of nitrogens with zero attached hydrogens (tertiary/aromatic N) is 1. The molecule has 2 fully saturated rings. The Morgan fingerprint density at radius 1 is 1.16 bits per heavy atom. The molecule has 0 aliphatic heterocycles. The van der Waals surface area contributed by atoms with E-state index in [1.165, 1.54) is 12.8 Å². The summed E-state index contributed by atoms with van der Waals surface area (Å²) in [6.07, 6.45) is 6.92. The third-order valence-electron chi connectivity index (χ3n) is 5.09. The first-order valence-corrected chi connectivity index (χ1v) is 7.54. The van der Waals surface area contributed by atoms with Gasteiger partial charge in [-0.2, -0.15) is 0 Å². The van der Waals surface area contributed by atoms with Crippen LogP contribution in [0.15, 0.2) is 0 Å². The van der Waals surface area contributed by atoms with Gasteiger partial charge in [0.25, 0.3) is 0 Å². The van der Waals surface area contributed by atoms with Crippen molar-refractivity contribution in [3.63, 3.8) is 0 Å². The Balaban J connectivity index is 2.05. The predicted octanol–water partition coefficient (Wildman–Crippen LogP) is 2.52. The smallest absolute Gasteiger partial charge is 0.307 e. The van der Waals surface area contributed by atoms with Crippen LogP contribution >= 0.6 is 0 Å². The SMILES string of the molecule is CCC1C[C@H](C(=O)N(C)C2CCCC2)[C@H](C(=O)O)C1. The van der Waals surface area contributed by atoms with Gasteiger partial charge in [0.15, 0.2) is 0 Å². The zero-order valence-electron chi connectivity index (χ0n) is 12.0. The van der Waals surface area contributed by atoms with Crippen molar-refractivity contribution < 1.29 is 14.7 Å². The van der Waals surface area contributed by atoms with Gasteiger partial charge >= 0.3 is 5.97 Å². The first-order chi connectivity index (χ1) is 9.04. The summed E-state index contributed by atoms with van der Waals surface area (Å²) >= 11 is 0. The molecule has 4 nitrogen and oxygen atoms in total. The summed E-state index contributed by atoms with van der Waals surface area (Å²) in [6.45, 7) is 2.08. The first kappa shape index (κ1) is 14.4. The average molecular weight is 267 g/mol. The van der Waals surface area contributed by atoms with E-state index in [1.807, 2.05) is 11.9 Å². The molecule has 2 aliphatic carbocycles. The maximum absolute atomic E-state index is 12.6. The number of carboxylic acid groups (broad SMARTS) is 1. The Kier molecular flexibility index (Phi) is 4.48. The predicted molar refractivity (Wildman–Crippen MR) is 72.7 cm³/mol. The molecule has 0 bridgehead atoms. The fourth-order valence-corrected chi connectivity index (χ4v) is 3.76. The van der Waals surface area contributed by atoms with Crippen LogP contribution in [0.4, 0.5) is 0 Å². The standard InChI is InChI=1S/C15H25NO3/c1-3-10-8-12(13(9-10)15(18)19)14(17)16(2)11-6-4-5-7-11/h10-13H,3-9H2,1-2H3,(H,18,19)/t10?,12-,13+/m0/s1. The highest BCUT2D eigenvalue weighted by Crippen LogP contribution is 2.40. The van der Waals surface area contributed by atoms with E-state index in [0.717, 1.165) is 25.7 Å². The summed E-state index contributed by atoms with van der Waals surface area (Å²) in [5.74, 6) is -1.11. The van der Waals surface area contributed by atoms with Crippen LogP contribution in [0.25, 0.3) is 0 Å². The van der Waals surface area contributed by atoms with Crippen LogP contribution in [0, 0.1) is 17.8 Å². The van der Waals surface area contributed by atoms with E-state index in [0.29, 0.717) is 18.4 Å². The molecule has 1 amide bonds. The number of carbonyl (C=O) groups excluding carboxylic acids is 1. The molecule has 0 spiro atoms. The van der Waals surface area contributed by atoms with Crippen LogP contribution < -0.4 is 0 Å². The van der Waals surface area contributed by atoms with Gasteiger partial charge in [0.1, 0.15) is 0 Å². The van der Waals surface area contributed by atoms with E-state index in [1.54, 1.807) is 0 Å². The molecule has 108 valence electrons. The van der Waals surface area contributed by atoms with Crippen molar-refractivity contribution in [3.05, 3.63) is 0 Å². The van der Waals surface area contributed by atoms with Gasteiger partial charge in [-0.15, -0.1) is 0 Å². The van der Waals surface area contributed by atoms with Crippen LogP contribution in [0.3, 0.4) is 0 Å². The minimum Gasteiger partial charge on any atom is -0.481 e. The molecule has 0 aromatic carbocycles. The van der Waals surface area contributed by atoms with Gasteiger partial charge in [-0.3, -0.25) is 9.59 Å². The van der Waals surface area contributed by atoms with Crippen molar-refractivity contribution in [2.45, 2.75) is 57.9 Å². The van der Waals surface area contributed by atoms with Crippen LogP contribution in [0.1, 0.15) is 51.9 Å². The highest BCUT2D eigenvalue weighted by atomic mass is 16.4. The van der Waals surface area contributed by atoms with Gasteiger partial charge in [0.05, 0.1) is 11.8 Å². The lowest BCUT2D eigenvalue weighted by molar-refractivity contribution is -0.149. The molecule has 0 heterocycles. The van der Waals surface area contributed by atoms with Gasteiger partial charge in [0, 0.05) is 13.1 Å². The molecule has 0 radical (unpaired) electrons. The number of hydrogen-bond acceptors (Lipinski definition) is 2. The van der Waals surface area contributed by atoms with Gasteiger partial charge in [0.2, 0.25) is 5.91 Å². The van der Waals surface area contributed by atoms with Crippen molar-refractivity contribution in [1.82, 2.24) is 4.90 Å². The number of carboxylic acids is 1. The number of amides is 1. The summed E-state index contributed by atoms with van der Waals surface area (Å²) in [6, 6.07) is 0.336. The summed E-state index contributed by atoms with van der Waals surface area (Å²) in [5, 5.41) is 9.32. The third kappa shape index (κ3) is 2.93. The normalized spacial score (nSPS) is 31.6. The molecule has 3 atom stereocenters. The van der Waals surface area contributed by atoms with Crippen LogP contribution in [0.2, 0.25) is 0 Å². The van der Waals surface area contributed by atoms with Crippen LogP contribution in [-0.4, -0.2) is 35.0 Å². The van der Waals surface area contributed by atoms with Crippen molar-refractivity contribution >= 4 is 11.9 Å². The zero-order valence-corrected chi connectivity index (χ0v) is 12.0. The van der Waals surface area contributed by atoms with Crippen LogP contribution in [0.5, 0.6) is 0 Å². The van der Waals surface area contributed by atoms with E-state index in [2.05, 4.69) is 6.92 Å². The molecular weight excluding hydrogens is 242 g/mol. The lowest BCUT2D eigenvalue weighted by Crippen LogP contribution is -2.41. The number of aliphatic carboxylic acids is 1. The van der Waals surface area contributed by atoms with E-state index in [-0.39, 0.29) is 11.8 Å². The summed E-state index contributed by atoms with van der Waals surface area (Å²) in [4.78, 5) is 25.8. The Hall–Kier alpha value is -1.06. The minimum absolute atomic E-state index is 0.0650. The molecule has 1 unspecified atom stereocenters. The summed E-state index contributed by atoms with van der Waals surface area (Å²) in [7, 11) is 1.86. The molecule has 2 saturated carbocycles. The second kappa shape index (κ2) is 5.93. The maximum atomic E-state index is 12.6.